The first kappa shape index (κ1) is 16.8. The van der Waals surface area contributed by atoms with Gasteiger partial charge in [-0.05, 0) is 31.1 Å². The van der Waals surface area contributed by atoms with Crippen LogP contribution in [0.5, 0.6) is 0 Å². The largest absolute Gasteiger partial charge is 0.464 e. The number of carbonyl (C=O) groups is 3. The normalized spacial score (nSPS) is 28.4. The highest BCUT2D eigenvalue weighted by atomic mass is 16.5. The molecule has 1 aliphatic heterocycles. The van der Waals surface area contributed by atoms with Gasteiger partial charge < -0.3 is 10.1 Å². The van der Waals surface area contributed by atoms with Crippen molar-refractivity contribution in [1.82, 2.24) is 10.2 Å². The van der Waals surface area contributed by atoms with Crippen LogP contribution < -0.4 is 5.32 Å². The Morgan fingerprint density at radius 3 is 2.77 bits per heavy atom. The summed E-state index contributed by atoms with van der Waals surface area (Å²) in [6.07, 6.45) is 4.33. The summed E-state index contributed by atoms with van der Waals surface area (Å²) < 4.78 is 5.10. The van der Waals surface area contributed by atoms with Crippen molar-refractivity contribution >= 4 is 17.9 Å². The van der Waals surface area contributed by atoms with Crippen LogP contribution in [0.2, 0.25) is 0 Å². The maximum atomic E-state index is 12.7. The van der Waals surface area contributed by atoms with Gasteiger partial charge in [0.25, 0.3) is 5.91 Å². The summed E-state index contributed by atoms with van der Waals surface area (Å²) in [6.45, 7) is 6.10. The molecule has 6 nitrogen and oxygen atoms in total. The SMILES string of the molecule is CC(C)CCOC(=O)CN1C(=O)NC2(CCCCC2C)C1=O. The zero-order valence-corrected chi connectivity index (χ0v) is 13.7. The zero-order chi connectivity index (χ0) is 16.3. The van der Waals surface area contributed by atoms with Gasteiger partial charge >= 0.3 is 12.0 Å². The maximum absolute atomic E-state index is 12.7. The molecular weight excluding hydrogens is 284 g/mol. The molecule has 1 saturated heterocycles. The number of nitrogens with zero attached hydrogens (tertiary/aromatic N) is 1. The van der Waals surface area contributed by atoms with Crippen LogP contribution in [-0.4, -0.2) is 41.5 Å². The van der Waals surface area contributed by atoms with Crippen molar-refractivity contribution in [3.05, 3.63) is 0 Å². The van der Waals surface area contributed by atoms with E-state index in [9.17, 15) is 14.4 Å². The number of hydrogen-bond donors (Lipinski definition) is 1. The van der Waals surface area contributed by atoms with Gasteiger partial charge in [0.1, 0.15) is 12.1 Å². The number of nitrogens with one attached hydrogen (secondary N) is 1. The summed E-state index contributed by atoms with van der Waals surface area (Å²) in [5.41, 5.74) is -0.812. The molecule has 0 radical (unpaired) electrons. The first-order valence-corrected chi connectivity index (χ1v) is 8.16. The smallest absolute Gasteiger partial charge is 0.326 e. The average Bonchev–Trinajstić information content (AvgIpc) is 2.67. The van der Waals surface area contributed by atoms with Gasteiger partial charge in [0.05, 0.1) is 6.61 Å². The molecule has 2 rings (SSSR count). The molecule has 2 unspecified atom stereocenters. The Balaban J connectivity index is 1.96. The quantitative estimate of drug-likeness (QED) is 0.623. The third-order valence-electron chi connectivity index (χ3n) is 4.75. The fourth-order valence-electron chi connectivity index (χ4n) is 3.22. The molecule has 1 heterocycles. The Kier molecular flexibility index (Phi) is 5.08. The van der Waals surface area contributed by atoms with Crippen molar-refractivity contribution in [3.63, 3.8) is 0 Å². The molecule has 2 atom stereocenters. The Hall–Kier alpha value is -1.59. The van der Waals surface area contributed by atoms with Crippen LogP contribution in [-0.2, 0) is 14.3 Å². The predicted octanol–water partition coefficient (Wildman–Crippen LogP) is 2.08. The number of esters is 1. The van der Waals surface area contributed by atoms with E-state index in [2.05, 4.69) is 5.32 Å². The van der Waals surface area contributed by atoms with Gasteiger partial charge in [-0.25, -0.2) is 4.79 Å². The van der Waals surface area contributed by atoms with Crippen molar-refractivity contribution in [2.24, 2.45) is 11.8 Å². The van der Waals surface area contributed by atoms with Crippen LogP contribution in [0.4, 0.5) is 4.79 Å². The van der Waals surface area contributed by atoms with Crippen molar-refractivity contribution in [2.75, 3.05) is 13.2 Å². The molecule has 0 aromatic rings. The van der Waals surface area contributed by atoms with Crippen LogP contribution in [0, 0.1) is 11.8 Å². The molecule has 1 N–H and O–H groups in total. The average molecular weight is 310 g/mol. The second-order valence-corrected chi connectivity index (χ2v) is 6.84. The number of imide groups is 1. The first-order chi connectivity index (χ1) is 10.4. The lowest BCUT2D eigenvalue weighted by atomic mass is 9.73. The topological polar surface area (TPSA) is 75.7 Å². The maximum Gasteiger partial charge on any atom is 0.326 e. The molecule has 124 valence electrons. The fourth-order valence-corrected chi connectivity index (χ4v) is 3.22. The van der Waals surface area contributed by atoms with E-state index in [1.807, 2.05) is 20.8 Å². The van der Waals surface area contributed by atoms with Gasteiger partial charge in [-0.3, -0.25) is 14.5 Å². The Morgan fingerprint density at radius 2 is 2.14 bits per heavy atom. The van der Waals surface area contributed by atoms with Gasteiger partial charge in [-0.1, -0.05) is 33.6 Å². The molecule has 0 aromatic carbocycles. The second kappa shape index (κ2) is 6.67. The Bertz CT molecular complexity index is 463. The minimum Gasteiger partial charge on any atom is -0.464 e. The van der Waals surface area contributed by atoms with E-state index >= 15 is 0 Å². The minimum absolute atomic E-state index is 0.0969. The van der Waals surface area contributed by atoms with Crippen molar-refractivity contribution in [3.8, 4) is 0 Å². The van der Waals surface area contributed by atoms with Crippen LogP contribution in [0.15, 0.2) is 0 Å². The Morgan fingerprint density at radius 1 is 1.41 bits per heavy atom. The first-order valence-electron chi connectivity index (χ1n) is 8.16. The standard InChI is InChI=1S/C16H26N2O4/c1-11(2)7-9-22-13(19)10-18-14(20)16(17-15(18)21)8-5-4-6-12(16)3/h11-12H,4-10H2,1-3H3,(H,17,21). The molecule has 1 aliphatic carbocycles. The molecular formula is C16H26N2O4. The Labute approximate surface area is 131 Å². The highest BCUT2D eigenvalue weighted by Gasteiger charge is 2.55. The van der Waals surface area contributed by atoms with Crippen LogP contribution in [0.25, 0.3) is 0 Å². The molecule has 6 heteroatoms. The van der Waals surface area contributed by atoms with E-state index in [1.54, 1.807) is 0 Å². The summed E-state index contributed by atoms with van der Waals surface area (Å²) in [5, 5.41) is 2.83. The summed E-state index contributed by atoms with van der Waals surface area (Å²) in [4.78, 5) is 37.6. The molecule has 2 aliphatic rings. The van der Waals surface area contributed by atoms with Crippen LogP contribution in [0.1, 0.15) is 52.9 Å². The minimum atomic E-state index is -0.812. The van der Waals surface area contributed by atoms with E-state index in [4.69, 9.17) is 4.74 Å². The van der Waals surface area contributed by atoms with E-state index in [-0.39, 0.29) is 18.4 Å². The monoisotopic (exact) mass is 310 g/mol. The van der Waals surface area contributed by atoms with E-state index < -0.39 is 17.5 Å². The molecule has 3 amide bonds. The molecule has 1 spiro atoms. The number of urea groups is 1. The summed E-state index contributed by atoms with van der Waals surface area (Å²) in [7, 11) is 0. The van der Waals surface area contributed by atoms with Gasteiger partial charge in [-0.15, -0.1) is 0 Å². The fraction of sp³-hybridized carbons (Fsp3) is 0.812. The van der Waals surface area contributed by atoms with Crippen LogP contribution >= 0.6 is 0 Å². The summed E-state index contributed by atoms with van der Waals surface area (Å²) >= 11 is 0. The van der Waals surface area contributed by atoms with Gasteiger partial charge in [0, 0.05) is 0 Å². The third-order valence-corrected chi connectivity index (χ3v) is 4.75. The van der Waals surface area contributed by atoms with E-state index in [0.29, 0.717) is 18.9 Å². The van der Waals surface area contributed by atoms with Crippen molar-refractivity contribution in [1.29, 1.82) is 0 Å². The van der Waals surface area contributed by atoms with Crippen LogP contribution in [0.3, 0.4) is 0 Å². The van der Waals surface area contributed by atoms with E-state index in [0.717, 1.165) is 30.6 Å². The van der Waals surface area contributed by atoms with E-state index in [1.165, 1.54) is 0 Å². The molecule has 22 heavy (non-hydrogen) atoms. The summed E-state index contributed by atoms with van der Waals surface area (Å²) in [5.74, 6) is -0.259. The highest BCUT2D eigenvalue weighted by Crippen LogP contribution is 2.38. The van der Waals surface area contributed by atoms with Gasteiger partial charge in [-0.2, -0.15) is 0 Å². The number of carbonyl (C=O) groups excluding carboxylic acids is 3. The van der Waals surface area contributed by atoms with Crippen molar-refractivity contribution in [2.45, 2.75) is 58.4 Å². The van der Waals surface area contributed by atoms with Gasteiger partial charge in [0.15, 0.2) is 0 Å². The second-order valence-electron chi connectivity index (χ2n) is 6.84. The lowest BCUT2D eigenvalue weighted by Gasteiger charge is -2.36. The lowest BCUT2D eigenvalue weighted by Crippen LogP contribution is -2.54. The highest BCUT2D eigenvalue weighted by molar-refractivity contribution is 6.08. The number of rotatable bonds is 5. The molecule has 0 aromatic heterocycles. The number of hydrogen-bond acceptors (Lipinski definition) is 4. The number of ether oxygens (including phenoxy) is 1. The molecule has 2 fully saturated rings. The number of amides is 3. The van der Waals surface area contributed by atoms with Crippen molar-refractivity contribution < 1.29 is 19.1 Å². The molecule has 1 saturated carbocycles. The summed E-state index contributed by atoms with van der Waals surface area (Å²) in [6, 6.07) is -0.473. The van der Waals surface area contributed by atoms with Gasteiger partial charge in [0.2, 0.25) is 0 Å². The zero-order valence-electron chi connectivity index (χ0n) is 13.7. The molecule has 0 bridgehead atoms. The third kappa shape index (κ3) is 3.25. The lowest BCUT2D eigenvalue weighted by molar-refractivity contribution is -0.148. The predicted molar refractivity (Wildman–Crippen MR) is 81.0 cm³/mol.